The van der Waals surface area contributed by atoms with Gasteiger partial charge in [-0.15, -0.1) is 0 Å². The molecule has 5 nitrogen and oxygen atoms in total. The topological polar surface area (TPSA) is 65.3 Å². The highest BCUT2D eigenvalue weighted by Crippen LogP contribution is 2.04. The lowest BCUT2D eigenvalue weighted by Crippen LogP contribution is -2.24. The van der Waals surface area contributed by atoms with Crippen LogP contribution in [0, 0.1) is 0 Å². The second kappa shape index (κ2) is 2.00. The molecule has 5 heteroatoms. The summed E-state index contributed by atoms with van der Waals surface area (Å²) >= 11 is 0. The Labute approximate surface area is 52.0 Å². The molecular formula is C4H7N3O2. The molecule has 1 rings (SSSR count). The van der Waals surface area contributed by atoms with Gasteiger partial charge in [0.15, 0.2) is 6.04 Å². The molecule has 0 fully saturated rings. The van der Waals surface area contributed by atoms with Gasteiger partial charge in [-0.25, -0.2) is 4.79 Å². The van der Waals surface area contributed by atoms with E-state index in [9.17, 15) is 4.79 Å². The Morgan fingerprint density at radius 2 is 2.56 bits per heavy atom. The molecule has 0 saturated carbocycles. The van der Waals surface area contributed by atoms with Gasteiger partial charge in [-0.2, -0.15) is 5.11 Å². The molecule has 0 aliphatic carbocycles. The molecule has 0 aromatic rings. The molecule has 0 saturated heterocycles. The Morgan fingerprint density at radius 1 is 1.89 bits per heavy atom. The highest BCUT2D eigenvalue weighted by atomic mass is 16.4. The Hall–Kier alpha value is -1.13. The van der Waals surface area contributed by atoms with Crippen LogP contribution in [0.1, 0.15) is 0 Å². The van der Waals surface area contributed by atoms with Crippen molar-refractivity contribution in [1.82, 2.24) is 5.01 Å². The standard InChI is InChI=1S/C4H7N3O2/c1-7-2-3(4(8)9)5-6-7/h3H,2H2,1H3,(H,8,9). The zero-order valence-corrected chi connectivity index (χ0v) is 4.98. The van der Waals surface area contributed by atoms with Crippen molar-refractivity contribution in [2.45, 2.75) is 6.04 Å². The zero-order valence-electron chi connectivity index (χ0n) is 4.98. The number of rotatable bonds is 1. The van der Waals surface area contributed by atoms with Crippen LogP contribution >= 0.6 is 0 Å². The number of nitrogens with zero attached hydrogens (tertiary/aromatic N) is 3. The number of carbonyl (C=O) groups is 1. The minimum atomic E-state index is -0.914. The van der Waals surface area contributed by atoms with Crippen LogP contribution in [0.4, 0.5) is 0 Å². The van der Waals surface area contributed by atoms with Gasteiger partial charge >= 0.3 is 5.97 Å². The molecule has 0 aromatic carbocycles. The molecule has 0 radical (unpaired) electrons. The first-order valence-corrected chi connectivity index (χ1v) is 2.55. The van der Waals surface area contributed by atoms with Gasteiger partial charge in [-0.1, -0.05) is 5.22 Å². The Balaban J connectivity index is 2.50. The minimum Gasteiger partial charge on any atom is -0.480 e. The summed E-state index contributed by atoms with van der Waals surface area (Å²) < 4.78 is 0. The van der Waals surface area contributed by atoms with Gasteiger partial charge < -0.3 is 5.11 Å². The summed E-state index contributed by atoms with van der Waals surface area (Å²) in [5, 5.41) is 16.8. The highest BCUT2D eigenvalue weighted by molar-refractivity contribution is 5.74. The lowest BCUT2D eigenvalue weighted by molar-refractivity contribution is -0.138. The molecule has 0 amide bonds. The van der Waals surface area contributed by atoms with Crippen molar-refractivity contribution in [1.29, 1.82) is 0 Å². The molecule has 50 valence electrons. The second-order valence-electron chi connectivity index (χ2n) is 1.90. The third kappa shape index (κ3) is 1.16. The number of carboxylic acids is 1. The van der Waals surface area contributed by atoms with Crippen LogP contribution in [-0.4, -0.2) is 35.7 Å². The van der Waals surface area contributed by atoms with Crippen LogP contribution in [0.2, 0.25) is 0 Å². The fourth-order valence-electron chi connectivity index (χ4n) is 0.601. The molecule has 1 N–H and O–H groups in total. The number of hydrogen-bond donors (Lipinski definition) is 1. The molecule has 0 bridgehead atoms. The normalized spacial score (nSPS) is 25.0. The van der Waals surface area contributed by atoms with Crippen LogP contribution in [0.25, 0.3) is 0 Å². The number of carboxylic acid groups (broad SMARTS) is 1. The molecule has 1 heterocycles. The van der Waals surface area contributed by atoms with Gasteiger partial charge in [0.25, 0.3) is 0 Å². The maximum absolute atomic E-state index is 10.2. The van der Waals surface area contributed by atoms with Crippen molar-refractivity contribution in [3.05, 3.63) is 0 Å². The number of likely N-dealkylation sites (N-methyl/N-ethyl adjacent to an activating group) is 1. The predicted molar refractivity (Wildman–Crippen MR) is 28.9 cm³/mol. The van der Waals surface area contributed by atoms with E-state index in [2.05, 4.69) is 10.3 Å². The summed E-state index contributed by atoms with van der Waals surface area (Å²) in [5.41, 5.74) is 0. The lowest BCUT2D eigenvalue weighted by Gasteiger charge is -2.01. The molecule has 0 spiro atoms. The number of hydrogen-bond acceptors (Lipinski definition) is 4. The fourth-order valence-corrected chi connectivity index (χ4v) is 0.601. The summed E-state index contributed by atoms with van der Waals surface area (Å²) in [6, 6.07) is -0.657. The first kappa shape index (κ1) is 6.00. The predicted octanol–water partition coefficient (Wildman–Crippen LogP) is -0.248. The second-order valence-corrected chi connectivity index (χ2v) is 1.90. The summed E-state index contributed by atoms with van der Waals surface area (Å²) in [6.07, 6.45) is 0. The SMILES string of the molecule is CN1CC(C(=O)O)N=N1. The van der Waals surface area contributed by atoms with Crippen molar-refractivity contribution in [3.63, 3.8) is 0 Å². The van der Waals surface area contributed by atoms with E-state index in [-0.39, 0.29) is 0 Å². The lowest BCUT2D eigenvalue weighted by atomic mass is 10.3. The Kier molecular flexibility index (Phi) is 1.33. The minimum absolute atomic E-state index is 0.384. The third-order valence-electron chi connectivity index (χ3n) is 1.07. The summed E-state index contributed by atoms with van der Waals surface area (Å²) in [4.78, 5) is 10.2. The van der Waals surface area contributed by atoms with Crippen LogP contribution in [0.3, 0.4) is 0 Å². The van der Waals surface area contributed by atoms with E-state index in [1.54, 1.807) is 7.05 Å². The van der Waals surface area contributed by atoms with Gasteiger partial charge in [-0.3, -0.25) is 5.01 Å². The van der Waals surface area contributed by atoms with Gasteiger partial charge in [0.1, 0.15) is 0 Å². The number of aliphatic carboxylic acids is 1. The first-order chi connectivity index (χ1) is 4.20. The van der Waals surface area contributed by atoms with Gasteiger partial charge in [0, 0.05) is 7.05 Å². The molecular weight excluding hydrogens is 122 g/mol. The van der Waals surface area contributed by atoms with Gasteiger partial charge in [0.2, 0.25) is 0 Å². The van der Waals surface area contributed by atoms with Crippen molar-refractivity contribution < 1.29 is 9.90 Å². The zero-order chi connectivity index (χ0) is 6.85. The molecule has 0 aromatic heterocycles. The van der Waals surface area contributed by atoms with Crippen molar-refractivity contribution in [2.75, 3.05) is 13.6 Å². The average Bonchev–Trinajstić information content (AvgIpc) is 2.14. The van der Waals surface area contributed by atoms with E-state index in [1.807, 2.05) is 0 Å². The molecule has 1 atom stereocenters. The summed E-state index contributed by atoms with van der Waals surface area (Å²) in [5.74, 6) is -0.914. The molecule has 1 unspecified atom stereocenters. The third-order valence-corrected chi connectivity index (χ3v) is 1.07. The van der Waals surface area contributed by atoms with E-state index in [1.165, 1.54) is 5.01 Å². The largest absolute Gasteiger partial charge is 0.480 e. The molecule has 1 aliphatic heterocycles. The first-order valence-electron chi connectivity index (χ1n) is 2.55. The summed E-state index contributed by atoms with van der Waals surface area (Å²) in [7, 11) is 1.69. The van der Waals surface area contributed by atoms with Crippen LogP contribution in [0.15, 0.2) is 10.3 Å². The van der Waals surface area contributed by atoms with Crippen molar-refractivity contribution in [2.24, 2.45) is 10.3 Å². The van der Waals surface area contributed by atoms with Crippen LogP contribution in [0.5, 0.6) is 0 Å². The maximum atomic E-state index is 10.2. The smallest absolute Gasteiger partial charge is 0.332 e. The van der Waals surface area contributed by atoms with E-state index < -0.39 is 12.0 Å². The van der Waals surface area contributed by atoms with E-state index in [4.69, 9.17) is 5.11 Å². The van der Waals surface area contributed by atoms with Crippen molar-refractivity contribution in [3.8, 4) is 0 Å². The van der Waals surface area contributed by atoms with Gasteiger partial charge in [0.05, 0.1) is 6.54 Å². The van der Waals surface area contributed by atoms with Crippen molar-refractivity contribution >= 4 is 5.97 Å². The quantitative estimate of drug-likeness (QED) is 0.531. The monoisotopic (exact) mass is 129 g/mol. The Morgan fingerprint density at radius 3 is 2.78 bits per heavy atom. The average molecular weight is 129 g/mol. The summed E-state index contributed by atoms with van der Waals surface area (Å²) in [6.45, 7) is 0.384. The highest BCUT2D eigenvalue weighted by Gasteiger charge is 2.22. The Bertz CT molecular complexity index is 156. The maximum Gasteiger partial charge on any atom is 0.332 e. The van der Waals surface area contributed by atoms with E-state index >= 15 is 0 Å². The van der Waals surface area contributed by atoms with E-state index in [0.29, 0.717) is 6.54 Å². The molecule has 1 aliphatic rings. The van der Waals surface area contributed by atoms with Crippen LogP contribution < -0.4 is 0 Å². The van der Waals surface area contributed by atoms with Gasteiger partial charge in [-0.05, 0) is 0 Å². The molecule has 9 heavy (non-hydrogen) atoms. The van der Waals surface area contributed by atoms with E-state index in [0.717, 1.165) is 0 Å². The van der Waals surface area contributed by atoms with Crippen LogP contribution in [-0.2, 0) is 4.79 Å². The fraction of sp³-hybridized carbons (Fsp3) is 0.750.